The van der Waals surface area contributed by atoms with Crippen molar-refractivity contribution in [3.8, 4) is 17.2 Å². The summed E-state index contributed by atoms with van der Waals surface area (Å²) in [6, 6.07) is 9.67. The minimum Gasteiger partial charge on any atom is -0.488 e. The van der Waals surface area contributed by atoms with Crippen molar-refractivity contribution in [1.82, 2.24) is 0 Å². The number of aliphatic hydroxyl groups is 1. The van der Waals surface area contributed by atoms with Crippen LogP contribution in [0.3, 0.4) is 0 Å². The molecule has 1 spiro atoms. The van der Waals surface area contributed by atoms with Gasteiger partial charge in [0.15, 0.2) is 17.6 Å². The molecule has 1 fully saturated rings. The van der Waals surface area contributed by atoms with Gasteiger partial charge < -0.3 is 43.0 Å². The quantitative estimate of drug-likeness (QED) is 0.298. The van der Waals surface area contributed by atoms with Crippen molar-refractivity contribution in [2.45, 2.75) is 49.8 Å². The minimum atomic E-state index is -2.87. The first kappa shape index (κ1) is 29.5. The second-order valence-electron chi connectivity index (χ2n) is 11.1. The van der Waals surface area contributed by atoms with Gasteiger partial charge >= 0.3 is 23.9 Å². The fraction of sp³-hybridized carbons (Fsp3) is 0.419. The van der Waals surface area contributed by atoms with Crippen molar-refractivity contribution in [3.05, 3.63) is 64.7 Å². The van der Waals surface area contributed by atoms with Crippen molar-refractivity contribution >= 4 is 23.9 Å². The van der Waals surface area contributed by atoms with Crippen molar-refractivity contribution in [2.24, 2.45) is 5.92 Å². The molecule has 13 nitrogen and oxygen atoms in total. The number of hydrogen-bond donors (Lipinski definition) is 1. The Kier molecular flexibility index (Phi) is 6.85. The molecule has 0 radical (unpaired) electrons. The summed E-state index contributed by atoms with van der Waals surface area (Å²) in [5.74, 6) is -6.88. The molecule has 1 aliphatic carbocycles. The number of fused-ring (bicyclic) bond motifs is 5. The van der Waals surface area contributed by atoms with Crippen LogP contribution in [-0.2, 0) is 43.5 Å². The maximum absolute atomic E-state index is 13.7. The van der Waals surface area contributed by atoms with Crippen LogP contribution in [-0.4, -0.2) is 74.1 Å². The predicted octanol–water partition coefficient (Wildman–Crippen LogP) is 2.27. The third-order valence-electron chi connectivity index (χ3n) is 8.88. The summed E-state index contributed by atoms with van der Waals surface area (Å²) in [6.07, 6.45) is -1.54. The van der Waals surface area contributed by atoms with Crippen LogP contribution in [0.4, 0.5) is 0 Å². The molecule has 4 heterocycles. The smallest absolute Gasteiger partial charge is 0.367 e. The van der Waals surface area contributed by atoms with Gasteiger partial charge in [0.1, 0.15) is 23.7 Å². The van der Waals surface area contributed by atoms with Gasteiger partial charge in [-0.05, 0) is 25.1 Å². The van der Waals surface area contributed by atoms with E-state index in [1.807, 2.05) is 0 Å². The standard InChI is InChI=1S/C31H30O13/c1-15-23(42-16(2)32)18-11-20-24(41-14-40-20)25-22(18)30(13-39-25)19(12-21(33)37-4)26(43-27(34)17-9-7-6-8-10-17)29(15,3)44-31(30,36)28(35)38-5/h6-12,15,23,26,36H,13-14H2,1-5H3/b19-12+/t15-,23+,26-,29-,30-,31+/m0/s1. The zero-order chi connectivity index (χ0) is 31.6. The monoisotopic (exact) mass is 610 g/mol. The van der Waals surface area contributed by atoms with Crippen LogP contribution in [0.2, 0.25) is 0 Å². The topological polar surface area (TPSA) is 162 Å². The lowest BCUT2D eigenvalue weighted by Gasteiger charge is -2.59. The number of hydrogen-bond acceptors (Lipinski definition) is 13. The van der Waals surface area contributed by atoms with Crippen molar-refractivity contribution < 1.29 is 62.2 Å². The van der Waals surface area contributed by atoms with Crippen molar-refractivity contribution in [2.75, 3.05) is 27.6 Å². The molecule has 44 heavy (non-hydrogen) atoms. The van der Waals surface area contributed by atoms with E-state index in [1.165, 1.54) is 26.0 Å². The normalized spacial score (nSPS) is 31.7. The molecule has 232 valence electrons. The van der Waals surface area contributed by atoms with Gasteiger partial charge in [-0.1, -0.05) is 25.1 Å². The Morgan fingerprint density at radius 3 is 2.39 bits per heavy atom. The molecule has 2 aromatic carbocycles. The Labute approximate surface area is 251 Å². The average molecular weight is 611 g/mol. The highest BCUT2D eigenvalue weighted by molar-refractivity contribution is 5.91. The second-order valence-corrected chi connectivity index (χ2v) is 11.1. The van der Waals surface area contributed by atoms with Gasteiger partial charge in [0.05, 0.1) is 19.8 Å². The average Bonchev–Trinajstić information content (AvgIpc) is 3.65. The highest BCUT2D eigenvalue weighted by Crippen LogP contribution is 2.67. The van der Waals surface area contributed by atoms with E-state index in [-0.39, 0.29) is 40.7 Å². The van der Waals surface area contributed by atoms with Gasteiger partial charge in [-0.3, -0.25) is 4.79 Å². The third-order valence-corrected chi connectivity index (χ3v) is 8.88. The number of methoxy groups -OCH3 is 2. The molecule has 6 atom stereocenters. The van der Waals surface area contributed by atoms with E-state index < -0.39 is 65.4 Å². The molecule has 5 aliphatic rings. The first-order valence-electron chi connectivity index (χ1n) is 13.8. The van der Waals surface area contributed by atoms with Gasteiger partial charge in [-0.25, -0.2) is 14.4 Å². The molecule has 2 bridgehead atoms. The summed E-state index contributed by atoms with van der Waals surface area (Å²) in [7, 11) is 2.21. The summed E-state index contributed by atoms with van der Waals surface area (Å²) in [5.41, 5.74) is -3.45. The molecule has 0 amide bonds. The highest BCUT2D eigenvalue weighted by atomic mass is 16.7. The Morgan fingerprint density at radius 2 is 1.73 bits per heavy atom. The predicted molar refractivity (Wildman–Crippen MR) is 146 cm³/mol. The van der Waals surface area contributed by atoms with Gasteiger partial charge in [0.2, 0.25) is 12.5 Å². The van der Waals surface area contributed by atoms with E-state index in [0.717, 1.165) is 20.3 Å². The Hall–Kier alpha value is -4.62. The highest BCUT2D eigenvalue weighted by Gasteiger charge is 2.77. The summed E-state index contributed by atoms with van der Waals surface area (Å²) < 4.78 is 46.0. The van der Waals surface area contributed by atoms with E-state index in [1.54, 1.807) is 31.2 Å². The number of carbonyl (C=O) groups excluding carboxylic acids is 4. The van der Waals surface area contributed by atoms with E-state index in [4.69, 9.17) is 37.9 Å². The SMILES string of the molecule is COC(=O)/C=C1\[C@H](OC(=O)c2ccccc2)[C@@]2(C)O[C@](O)(C(=O)OC)[C@@]13COc1c4c(cc(c13)[C@H](OC(C)=O)[C@@H]2C)OCO4. The molecule has 0 unspecified atom stereocenters. The van der Waals surface area contributed by atoms with Gasteiger partial charge in [-0.15, -0.1) is 0 Å². The molecular formula is C31H30O13. The molecule has 0 aromatic heterocycles. The molecule has 13 heteroatoms. The third kappa shape index (κ3) is 3.92. The van der Waals surface area contributed by atoms with E-state index in [0.29, 0.717) is 5.56 Å². The van der Waals surface area contributed by atoms with Crippen LogP contribution in [0.5, 0.6) is 17.2 Å². The molecule has 7 rings (SSSR count). The van der Waals surface area contributed by atoms with Crippen LogP contribution in [0.1, 0.15) is 48.4 Å². The molecule has 1 saturated heterocycles. The maximum atomic E-state index is 13.7. The first-order chi connectivity index (χ1) is 20.9. The summed E-state index contributed by atoms with van der Waals surface area (Å²) >= 11 is 0. The second kappa shape index (κ2) is 10.2. The first-order valence-corrected chi connectivity index (χ1v) is 13.8. The van der Waals surface area contributed by atoms with Crippen molar-refractivity contribution in [3.63, 3.8) is 0 Å². The lowest BCUT2D eigenvalue weighted by atomic mass is 9.56. The molecular weight excluding hydrogens is 580 g/mol. The van der Waals surface area contributed by atoms with Gasteiger partial charge in [0, 0.05) is 35.6 Å². The largest absolute Gasteiger partial charge is 0.488 e. The molecule has 0 saturated carbocycles. The maximum Gasteiger partial charge on any atom is 0.367 e. The number of benzene rings is 2. The number of ether oxygens (including phenoxy) is 8. The molecule has 2 aromatic rings. The summed E-state index contributed by atoms with van der Waals surface area (Å²) in [6.45, 7) is 3.67. The summed E-state index contributed by atoms with van der Waals surface area (Å²) in [4.78, 5) is 52.9. The van der Waals surface area contributed by atoms with Gasteiger partial charge in [-0.2, -0.15) is 0 Å². The van der Waals surface area contributed by atoms with Crippen LogP contribution in [0.25, 0.3) is 0 Å². The fourth-order valence-electron chi connectivity index (χ4n) is 6.68. The summed E-state index contributed by atoms with van der Waals surface area (Å²) in [5, 5.41) is 12.5. The van der Waals surface area contributed by atoms with E-state index in [2.05, 4.69) is 0 Å². The fourth-order valence-corrected chi connectivity index (χ4v) is 6.68. The minimum absolute atomic E-state index is 0.0553. The van der Waals surface area contributed by atoms with Crippen molar-refractivity contribution in [1.29, 1.82) is 0 Å². The number of esters is 4. The Bertz CT molecular complexity index is 1600. The molecule has 1 N–H and O–H groups in total. The van der Waals surface area contributed by atoms with Crippen LogP contribution >= 0.6 is 0 Å². The molecule has 4 aliphatic heterocycles. The van der Waals surface area contributed by atoms with Crippen LogP contribution in [0, 0.1) is 5.92 Å². The van der Waals surface area contributed by atoms with Crippen LogP contribution < -0.4 is 14.2 Å². The zero-order valence-electron chi connectivity index (χ0n) is 24.5. The van der Waals surface area contributed by atoms with E-state index >= 15 is 0 Å². The Balaban J connectivity index is 1.73. The number of rotatable bonds is 5. The van der Waals surface area contributed by atoms with Gasteiger partial charge in [0.25, 0.3) is 5.79 Å². The van der Waals surface area contributed by atoms with Crippen LogP contribution in [0.15, 0.2) is 48.0 Å². The lowest BCUT2D eigenvalue weighted by molar-refractivity contribution is -0.337. The number of carbonyl (C=O) groups is 4. The lowest BCUT2D eigenvalue weighted by Crippen LogP contribution is -2.75. The Morgan fingerprint density at radius 1 is 1.00 bits per heavy atom. The van der Waals surface area contributed by atoms with E-state index in [9.17, 15) is 24.3 Å². The zero-order valence-corrected chi connectivity index (χ0v) is 24.5.